The van der Waals surface area contributed by atoms with E-state index in [1.54, 1.807) is 0 Å². The van der Waals surface area contributed by atoms with E-state index < -0.39 is 0 Å². The molecule has 5 heteroatoms. The summed E-state index contributed by atoms with van der Waals surface area (Å²) in [7, 11) is 0. The predicted octanol–water partition coefficient (Wildman–Crippen LogP) is 2.17. The fourth-order valence-electron chi connectivity index (χ4n) is 0.378. The van der Waals surface area contributed by atoms with E-state index in [0.29, 0.717) is 10.1 Å². The molecule has 8 heavy (non-hydrogen) atoms. The van der Waals surface area contributed by atoms with Crippen molar-refractivity contribution in [2.75, 3.05) is 0 Å². The third-order valence-corrected chi connectivity index (χ3v) is 3.34. The van der Waals surface area contributed by atoms with Gasteiger partial charge in [0.2, 0.25) is 0 Å². The Labute approximate surface area is 75.5 Å². The first-order valence-electron chi connectivity index (χ1n) is 2.21. The van der Waals surface area contributed by atoms with Crippen molar-refractivity contribution in [3.8, 4) is 0 Å². The highest BCUT2D eigenvalue weighted by molar-refractivity contribution is 14.1. The molecule has 0 aromatic carbocycles. The Morgan fingerprint density at radius 3 is 2.38 bits per heavy atom. The smallest absolute Gasteiger partial charge is 0.146 e. The molecule has 0 fully saturated rings. The van der Waals surface area contributed by atoms with Gasteiger partial charge in [-0.3, -0.25) is 0 Å². The first kappa shape index (κ1) is 6.97. The lowest BCUT2D eigenvalue weighted by molar-refractivity contribution is 0.481. The molecule has 1 aliphatic rings. The normalized spacial score (nSPS) is 36.6. The standard InChI is InChI=1S/C3H5I2N3/c1-2-3(4)6-7-8(2)5/h2-3H,1H3. The predicted molar refractivity (Wildman–Crippen MR) is 48.0 cm³/mol. The maximum absolute atomic E-state index is 3.93. The Hall–Kier alpha value is 0.860. The van der Waals surface area contributed by atoms with Gasteiger partial charge in [0.1, 0.15) is 4.05 Å². The maximum Gasteiger partial charge on any atom is 0.146 e. The second-order valence-electron chi connectivity index (χ2n) is 1.61. The molecule has 0 spiro atoms. The van der Waals surface area contributed by atoms with Crippen molar-refractivity contribution in [3.05, 3.63) is 0 Å². The van der Waals surface area contributed by atoms with Gasteiger partial charge in [-0.2, -0.15) is 5.11 Å². The van der Waals surface area contributed by atoms with Crippen LogP contribution < -0.4 is 0 Å². The van der Waals surface area contributed by atoms with E-state index in [0.717, 1.165) is 0 Å². The van der Waals surface area contributed by atoms with Gasteiger partial charge in [0.15, 0.2) is 0 Å². The molecule has 0 aromatic heterocycles. The van der Waals surface area contributed by atoms with Crippen LogP contribution in [0, 0.1) is 0 Å². The number of hydrogen-bond acceptors (Lipinski definition) is 3. The Kier molecular flexibility index (Phi) is 2.29. The lowest BCUT2D eigenvalue weighted by Gasteiger charge is -2.09. The second kappa shape index (κ2) is 2.63. The van der Waals surface area contributed by atoms with Gasteiger partial charge in [-0.15, -0.1) is 0 Å². The highest BCUT2D eigenvalue weighted by Gasteiger charge is 2.23. The molecule has 0 amide bonds. The van der Waals surface area contributed by atoms with E-state index >= 15 is 0 Å². The summed E-state index contributed by atoms with van der Waals surface area (Å²) >= 11 is 4.41. The molecule has 1 heterocycles. The molecule has 0 bridgehead atoms. The lowest BCUT2D eigenvalue weighted by Crippen LogP contribution is -2.19. The molecule has 3 nitrogen and oxygen atoms in total. The molecule has 46 valence electrons. The van der Waals surface area contributed by atoms with Gasteiger partial charge in [-0.05, 0) is 6.92 Å². The molecule has 0 radical (unpaired) electrons. The Morgan fingerprint density at radius 2 is 2.25 bits per heavy atom. The zero-order chi connectivity index (χ0) is 6.15. The van der Waals surface area contributed by atoms with Crippen LogP contribution >= 0.6 is 45.5 Å². The van der Waals surface area contributed by atoms with Crippen LogP contribution in [0.15, 0.2) is 10.3 Å². The van der Waals surface area contributed by atoms with Crippen molar-refractivity contribution in [2.45, 2.75) is 17.0 Å². The monoisotopic (exact) mass is 337 g/mol. The van der Waals surface area contributed by atoms with Gasteiger partial charge in [0, 0.05) is 0 Å². The van der Waals surface area contributed by atoms with E-state index in [1.807, 2.05) is 3.22 Å². The summed E-state index contributed by atoms with van der Waals surface area (Å²) in [5.41, 5.74) is 0. The Balaban J connectivity index is 2.55. The van der Waals surface area contributed by atoms with E-state index in [2.05, 4.69) is 62.7 Å². The van der Waals surface area contributed by atoms with Crippen molar-refractivity contribution in [3.63, 3.8) is 0 Å². The van der Waals surface area contributed by atoms with E-state index in [9.17, 15) is 0 Å². The zero-order valence-corrected chi connectivity index (χ0v) is 8.57. The van der Waals surface area contributed by atoms with Crippen LogP contribution in [0.5, 0.6) is 0 Å². The first-order valence-corrected chi connectivity index (χ1v) is 4.42. The summed E-state index contributed by atoms with van der Waals surface area (Å²) in [6.07, 6.45) is 0. The van der Waals surface area contributed by atoms with Gasteiger partial charge < -0.3 is 0 Å². The van der Waals surface area contributed by atoms with E-state index in [1.165, 1.54) is 0 Å². The molecule has 2 unspecified atom stereocenters. The molecule has 0 aromatic rings. The molecule has 0 aliphatic carbocycles. The fourth-order valence-corrected chi connectivity index (χ4v) is 1.83. The van der Waals surface area contributed by atoms with Gasteiger partial charge in [-0.1, -0.05) is 27.8 Å². The molecule has 1 rings (SSSR count). The summed E-state index contributed by atoms with van der Waals surface area (Å²) in [6.45, 7) is 2.10. The van der Waals surface area contributed by atoms with Crippen LogP contribution in [0.3, 0.4) is 0 Å². The Morgan fingerprint density at radius 1 is 1.62 bits per heavy atom. The minimum Gasteiger partial charge on any atom is -0.212 e. The minimum absolute atomic E-state index is 0.337. The molecule has 0 saturated carbocycles. The number of nitrogens with zero attached hydrogens (tertiary/aromatic N) is 3. The molecule has 0 N–H and O–H groups in total. The zero-order valence-electron chi connectivity index (χ0n) is 4.25. The lowest BCUT2D eigenvalue weighted by atomic mass is 10.4. The summed E-state index contributed by atoms with van der Waals surface area (Å²) in [5, 5.41) is 7.76. The van der Waals surface area contributed by atoms with Crippen LogP contribution in [-0.4, -0.2) is 13.3 Å². The molecule has 0 saturated heterocycles. The largest absolute Gasteiger partial charge is 0.212 e. The Bertz CT molecular complexity index is 103. The van der Waals surface area contributed by atoms with Crippen LogP contribution in [0.1, 0.15) is 6.92 Å². The molecular weight excluding hydrogens is 332 g/mol. The quantitative estimate of drug-likeness (QED) is 0.288. The van der Waals surface area contributed by atoms with Crippen LogP contribution in [0.2, 0.25) is 0 Å². The summed E-state index contributed by atoms with van der Waals surface area (Å²) in [4.78, 5) is 0. The average Bonchev–Trinajstić information content (AvgIpc) is 1.98. The van der Waals surface area contributed by atoms with Crippen LogP contribution in [0.25, 0.3) is 0 Å². The van der Waals surface area contributed by atoms with Gasteiger partial charge >= 0.3 is 0 Å². The summed E-state index contributed by atoms with van der Waals surface area (Å²) in [5.74, 6) is 0. The summed E-state index contributed by atoms with van der Waals surface area (Å²) < 4.78 is 2.18. The minimum atomic E-state index is 0.337. The third-order valence-electron chi connectivity index (χ3n) is 0.982. The second-order valence-corrected chi connectivity index (χ2v) is 3.87. The fraction of sp³-hybridized carbons (Fsp3) is 1.00. The molecule has 2 atom stereocenters. The first-order chi connectivity index (χ1) is 3.72. The number of hydrogen-bond donors (Lipinski definition) is 0. The summed E-state index contributed by atoms with van der Waals surface area (Å²) in [6, 6.07) is 0.455. The highest BCUT2D eigenvalue weighted by Crippen LogP contribution is 2.24. The van der Waals surface area contributed by atoms with Crippen LogP contribution in [-0.2, 0) is 0 Å². The van der Waals surface area contributed by atoms with E-state index in [-0.39, 0.29) is 0 Å². The van der Waals surface area contributed by atoms with Crippen molar-refractivity contribution in [1.29, 1.82) is 0 Å². The van der Waals surface area contributed by atoms with Gasteiger partial charge in [-0.25, -0.2) is 3.22 Å². The van der Waals surface area contributed by atoms with Gasteiger partial charge in [0.05, 0.1) is 28.9 Å². The van der Waals surface area contributed by atoms with Crippen molar-refractivity contribution in [1.82, 2.24) is 3.22 Å². The average molecular weight is 337 g/mol. The number of alkyl halides is 1. The van der Waals surface area contributed by atoms with Crippen LogP contribution in [0.4, 0.5) is 0 Å². The van der Waals surface area contributed by atoms with Gasteiger partial charge in [0.25, 0.3) is 0 Å². The van der Waals surface area contributed by atoms with Crippen molar-refractivity contribution < 1.29 is 0 Å². The maximum atomic E-state index is 3.93. The number of rotatable bonds is 0. The third kappa shape index (κ3) is 1.23. The van der Waals surface area contributed by atoms with Crippen molar-refractivity contribution >= 4 is 45.5 Å². The van der Waals surface area contributed by atoms with Crippen molar-refractivity contribution in [2.24, 2.45) is 10.3 Å². The molecule has 1 aliphatic heterocycles. The number of halogens is 2. The molecular formula is C3H5I2N3. The SMILES string of the molecule is CC1C(I)N=NN1I. The van der Waals surface area contributed by atoms with E-state index in [4.69, 9.17) is 0 Å². The topological polar surface area (TPSA) is 28.0 Å². The highest BCUT2D eigenvalue weighted by atomic mass is 127.